The molecule has 4 heteroatoms. The molecule has 96 valence electrons. The van der Waals surface area contributed by atoms with Crippen molar-refractivity contribution in [3.05, 3.63) is 35.7 Å². The van der Waals surface area contributed by atoms with Crippen LogP contribution in [0, 0.1) is 12.3 Å². The number of aryl methyl sites for hydroxylation is 1. The van der Waals surface area contributed by atoms with Crippen molar-refractivity contribution in [1.29, 1.82) is 0 Å². The number of hydrogen-bond donors (Lipinski definition) is 1. The molecule has 1 aromatic carbocycles. The Bertz CT molecular complexity index is 523. The van der Waals surface area contributed by atoms with Crippen LogP contribution in [0.15, 0.2) is 28.8 Å². The van der Waals surface area contributed by atoms with Crippen molar-refractivity contribution in [2.45, 2.75) is 33.7 Å². The Balaban J connectivity index is 2.28. The van der Waals surface area contributed by atoms with Gasteiger partial charge in [0.15, 0.2) is 0 Å². The molecule has 0 spiro atoms. The van der Waals surface area contributed by atoms with Gasteiger partial charge in [-0.3, -0.25) is 0 Å². The monoisotopic (exact) mass is 245 g/mol. The summed E-state index contributed by atoms with van der Waals surface area (Å²) in [4.78, 5) is 4.37. The van der Waals surface area contributed by atoms with E-state index in [-0.39, 0.29) is 11.5 Å². The van der Waals surface area contributed by atoms with E-state index in [0.717, 1.165) is 5.56 Å². The third-order valence-corrected chi connectivity index (χ3v) is 2.95. The quantitative estimate of drug-likeness (QED) is 0.883. The average molecular weight is 245 g/mol. The topological polar surface area (TPSA) is 64.9 Å². The predicted molar refractivity (Wildman–Crippen MR) is 70.9 cm³/mol. The van der Waals surface area contributed by atoms with E-state index in [0.29, 0.717) is 11.7 Å². The maximum atomic E-state index is 6.09. The van der Waals surface area contributed by atoms with E-state index in [1.54, 1.807) is 0 Å². The summed E-state index contributed by atoms with van der Waals surface area (Å²) in [5.74, 6) is 1.07. The first-order valence-corrected chi connectivity index (χ1v) is 6.04. The first-order chi connectivity index (χ1) is 8.38. The van der Waals surface area contributed by atoms with Gasteiger partial charge in [0, 0.05) is 5.56 Å². The zero-order valence-electron chi connectivity index (χ0n) is 11.3. The molecular weight excluding hydrogens is 226 g/mol. The lowest BCUT2D eigenvalue weighted by atomic mass is 9.87. The molecule has 0 bridgehead atoms. The summed E-state index contributed by atoms with van der Waals surface area (Å²) in [7, 11) is 0. The molecular formula is C14H19N3O. The van der Waals surface area contributed by atoms with Gasteiger partial charge in [-0.1, -0.05) is 55.8 Å². The van der Waals surface area contributed by atoms with Crippen LogP contribution in [0.2, 0.25) is 0 Å². The highest BCUT2D eigenvalue weighted by Crippen LogP contribution is 2.30. The molecule has 2 rings (SSSR count). The number of nitrogens with two attached hydrogens (primary N) is 1. The number of aromatic nitrogens is 2. The van der Waals surface area contributed by atoms with Gasteiger partial charge in [-0.25, -0.2) is 0 Å². The lowest BCUT2D eigenvalue weighted by molar-refractivity contribution is 0.253. The second-order valence-corrected chi connectivity index (χ2v) is 5.67. The summed E-state index contributed by atoms with van der Waals surface area (Å²) >= 11 is 0. The van der Waals surface area contributed by atoms with Crippen LogP contribution in [0.4, 0.5) is 0 Å². The van der Waals surface area contributed by atoms with E-state index in [4.69, 9.17) is 10.3 Å². The number of hydrogen-bond acceptors (Lipinski definition) is 4. The third kappa shape index (κ3) is 2.59. The molecule has 1 unspecified atom stereocenters. The molecule has 1 atom stereocenters. The van der Waals surface area contributed by atoms with Gasteiger partial charge in [0.1, 0.15) is 0 Å². The van der Waals surface area contributed by atoms with Crippen LogP contribution in [0.25, 0.3) is 11.4 Å². The maximum Gasteiger partial charge on any atom is 0.244 e. The summed E-state index contributed by atoms with van der Waals surface area (Å²) in [5.41, 5.74) is 8.14. The molecule has 0 radical (unpaired) electrons. The van der Waals surface area contributed by atoms with Crippen LogP contribution in [0.3, 0.4) is 0 Å². The predicted octanol–water partition coefficient (Wildman–Crippen LogP) is 3.09. The third-order valence-electron chi connectivity index (χ3n) is 2.95. The minimum Gasteiger partial charge on any atom is -0.337 e. The average Bonchev–Trinajstić information content (AvgIpc) is 2.77. The highest BCUT2D eigenvalue weighted by atomic mass is 16.5. The molecule has 0 aliphatic rings. The molecule has 0 aliphatic heterocycles. The zero-order chi connectivity index (χ0) is 13.3. The normalized spacial score (nSPS) is 13.6. The highest BCUT2D eigenvalue weighted by Gasteiger charge is 2.27. The van der Waals surface area contributed by atoms with Crippen molar-refractivity contribution in [1.82, 2.24) is 10.1 Å². The van der Waals surface area contributed by atoms with Gasteiger partial charge in [0.05, 0.1) is 6.04 Å². The SMILES string of the molecule is Cc1ccc(-c2noc(C(N)C(C)(C)C)n2)cc1. The largest absolute Gasteiger partial charge is 0.337 e. The van der Waals surface area contributed by atoms with Crippen LogP contribution in [-0.2, 0) is 0 Å². The second-order valence-electron chi connectivity index (χ2n) is 5.67. The highest BCUT2D eigenvalue weighted by molar-refractivity contribution is 5.54. The van der Waals surface area contributed by atoms with Crippen LogP contribution >= 0.6 is 0 Å². The Hall–Kier alpha value is -1.68. The summed E-state index contributed by atoms with van der Waals surface area (Å²) in [6, 6.07) is 7.74. The van der Waals surface area contributed by atoms with E-state index in [1.165, 1.54) is 5.56 Å². The van der Waals surface area contributed by atoms with Crippen LogP contribution in [0.5, 0.6) is 0 Å². The van der Waals surface area contributed by atoms with Crippen LogP contribution in [-0.4, -0.2) is 10.1 Å². The van der Waals surface area contributed by atoms with Gasteiger partial charge in [-0.2, -0.15) is 4.98 Å². The Morgan fingerprint density at radius 3 is 2.33 bits per heavy atom. The molecule has 0 amide bonds. The number of nitrogens with zero attached hydrogens (tertiary/aromatic N) is 2. The Kier molecular flexibility index (Phi) is 3.22. The van der Waals surface area contributed by atoms with Crippen molar-refractivity contribution < 1.29 is 4.52 Å². The Labute approximate surface area is 107 Å². The molecule has 0 saturated heterocycles. The molecule has 18 heavy (non-hydrogen) atoms. The number of benzene rings is 1. The van der Waals surface area contributed by atoms with Gasteiger partial charge in [0.2, 0.25) is 11.7 Å². The maximum absolute atomic E-state index is 6.09. The Morgan fingerprint density at radius 2 is 1.78 bits per heavy atom. The van der Waals surface area contributed by atoms with E-state index in [2.05, 4.69) is 10.1 Å². The molecule has 4 nitrogen and oxygen atoms in total. The van der Waals surface area contributed by atoms with Gasteiger partial charge >= 0.3 is 0 Å². The molecule has 1 aromatic heterocycles. The first-order valence-electron chi connectivity index (χ1n) is 6.04. The number of rotatable bonds is 2. The van der Waals surface area contributed by atoms with Gasteiger partial charge in [-0.15, -0.1) is 0 Å². The van der Waals surface area contributed by atoms with Crippen molar-refractivity contribution in [2.24, 2.45) is 11.1 Å². The van der Waals surface area contributed by atoms with E-state index in [9.17, 15) is 0 Å². The molecule has 2 N–H and O–H groups in total. The van der Waals surface area contributed by atoms with Crippen molar-refractivity contribution in [3.8, 4) is 11.4 Å². The van der Waals surface area contributed by atoms with Gasteiger partial charge in [0.25, 0.3) is 0 Å². The van der Waals surface area contributed by atoms with E-state index < -0.39 is 0 Å². The molecule has 2 aromatic rings. The van der Waals surface area contributed by atoms with Crippen molar-refractivity contribution >= 4 is 0 Å². The van der Waals surface area contributed by atoms with Crippen molar-refractivity contribution in [2.75, 3.05) is 0 Å². The van der Waals surface area contributed by atoms with E-state index >= 15 is 0 Å². The fourth-order valence-electron chi connectivity index (χ4n) is 1.55. The van der Waals surface area contributed by atoms with Crippen molar-refractivity contribution in [3.63, 3.8) is 0 Å². The van der Waals surface area contributed by atoms with Gasteiger partial charge < -0.3 is 10.3 Å². The molecule has 0 fully saturated rings. The molecule has 0 aliphatic carbocycles. The minimum atomic E-state index is -0.260. The standard InChI is InChI=1S/C14H19N3O/c1-9-5-7-10(8-6-9)12-16-13(18-17-12)11(15)14(2,3)4/h5-8,11H,15H2,1-4H3. The lowest BCUT2D eigenvalue weighted by Crippen LogP contribution is -2.26. The fourth-order valence-corrected chi connectivity index (χ4v) is 1.55. The van der Waals surface area contributed by atoms with Crippen LogP contribution in [0.1, 0.15) is 38.3 Å². The van der Waals surface area contributed by atoms with Gasteiger partial charge in [-0.05, 0) is 12.3 Å². The second kappa shape index (κ2) is 4.53. The fraction of sp³-hybridized carbons (Fsp3) is 0.429. The smallest absolute Gasteiger partial charge is 0.244 e. The summed E-state index contributed by atoms with van der Waals surface area (Å²) in [5, 5.41) is 3.98. The summed E-state index contributed by atoms with van der Waals surface area (Å²) in [6.07, 6.45) is 0. The van der Waals surface area contributed by atoms with E-state index in [1.807, 2.05) is 52.0 Å². The summed E-state index contributed by atoms with van der Waals surface area (Å²) in [6.45, 7) is 8.19. The minimum absolute atomic E-state index is 0.100. The lowest BCUT2D eigenvalue weighted by Gasteiger charge is -2.23. The van der Waals surface area contributed by atoms with Crippen LogP contribution < -0.4 is 5.73 Å². The summed E-state index contributed by atoms with van der Waals surface area (Å²) < 4.78 is 5.25. The Morgan fingerprint density at radius 1 is 1.17 bits per heavy atom. The first kappa shape index (κ1) is 12.8. The molecule has 1 heterocycles. The zero-order valence-corrected chi connectivity index (χ0v) is 11.3. The molecule has 0 saturated carbocycles.